The van der Waals surface area contributed by atoms with Gasteiger partial charge in [0.25, 0.3) is 0 Å². The molecule has 4 heteroatoms. The molecule has 1 aliphatic rings. The van der Waals surface area contributed by atoms with Crippen LogP contribution in [0.1, 0.15) is 13.3 Å². The fourth-order valence-electron chi connectivity index (χ4n) is 1.27. The summed E-state index contributed by atoms with van der Waals surface area (Å²) < 4.78 is 0. The molecule has 1 heterocycles. The molecule has 0 aliphatic carbocycles. The molecule has 1 aliphatic heterocycles. The van der Waals surface area contributed by atoms with Crippen molar-refractivity contribution in [1.29, 1.82) is 0 Å². The van der Waals surface area contributed by atoms with Gasteiger partial charge < -0.3 is 4.90 Å². The van der Waals surface area contributed by atoms with E-state index in [0.29, 0.717) is 5.25 Å². The lowest BCUT2D eigenvalue weighted by Gasteiger charge is -2.19. The maximum Gasteiger partial charge on any atom is 0.236 e. The number of carbonyl (C=O) groups is 1. The normalized spacial score (nSPS) is 26.4. The average molecular weight is 252 g/mol. The first-order valence-corrected chi connectivity index (χ1v) is 6.31. The van der Waals surface area contributed by atoms with Gasteiger partial charge in [0.1, 0.15) is 0 Å². The molecule has 0 radical (unpaired) electrons. The number of alkyl halides is 1. The summed E-state index contributed by atoms with van der Waals surface area (Å²) >= 11 is 5.16. The Morgan fingerprint density at radius 3 is 2.92 bits per heavy atom. The standard InChI is InChI=1S/C8H14BrNOS/c1-6(12-2)5-10-4-3-7(9)8(10)11/h6-7H,3-5H2,1-2H3. The summed E-state index contributed by atoms with van der Waals surface area (Å²) in [4.78, 5) is 13.4. The van der Waals surface area contributed by atoms with E-state index in [1.54, 1.807) is 11.8 Å². The van der Waals surface area contributed by atoms with Crippen molar-refractivity contribution >= 4 is 33.6 Å². The molecule has 0 N–H and O–H groups in total. The number of nitrogens with zero attached hydrogens (tertiary/aromatic N) is 1. The molecule has 1 amide bonds. The number of carbonyl (C=O) groups excluding carboxylic acids is 1. The van der Waals surface area contributed by atoms with Gasteiger partial charge in [0, 0.05) is 18.3 Å². The molecular weight excluding hydrogens is 238 g/mol. The van der Waals surface area contributed by atoms with Crippen molar-refractivity contribution in [3.8, 4) is 0 Å². The van der Waals surface area contributed by atoms with E-state index in [2.05, 4.69) is 29.1 Å². The second kappa shape index (κ2) is 4.51. The minimum Gasteiger partial charge on any atom is -0.341 e. The second-order valence-electron chi connectivity index (χ2n) is 3.09. The molecule has 0 aromatic heterocycles. The number of likely N-dealkylation sites (tertiary alicyclic amines) is 1. The van der Waals surface area contributed by atoms with Crippen molar-refractivity contribution in [3.63, 3.8) is 0 Å². The number of thioether (sulfide) groups is 1. The molecule has 2 unspecified atom stereocenters. The lowest BCUT2D eigenvalue weighted by Crippen LogP contribution is -2.32. The van der Waals surface area contributed by atoms with E-state index in [4.69, 9.17) is 0 Å². The van der Waals surface area contributed by atoms with Crippen LogP contribution in [0.5, 0.6) is 0 Å². The van der Waals surface area contributed by atoms with E-state index in [-0.39, 0.29) is 10.7 Å². The molecule has 1 fully saturated rings. The van der Waals surface area contributed by atoms with E-state index >= 15 is 0 Å². The average Bonchev–Trinajstić information content (AvgIpc) is 2.36. The molecule has 12 heavy (non-hydrogen) atoms. The highest BCUT2D eigenvalue weighted by atomic mass is 79.9. The number of halogens is 1. The molecule has 1 rings (SSSR count). The largest absolute Gasteiger partial charge is 0.341 e. The molecule has 70 valence electrons. The van der Waals surface area contributed by atoms with E-state index in [9.17, 15) is 4.79 Å². The van der Waals surface area contributed by atoms with Gasteiger partial charge in [-0.15, -0.1) is 0 Å². The Labute approximate surface area is 86.2 Å². The Bertz CT molecular complexity index is 176. The van der Waals surface area contributed by atoms with Gasteiger partial charge in [0.15, 0.2) is 0 Å². The van der Waals surface area contributed by atoms with Crippen LogP contribution in [0, 0.1) is 0 Å². The Morgan fingerprint density at radius 2 is 2.50 bits per heavy atom. The van der Waals surface area contributed by atoms with Gasteiger partial charge in [-0.2, -0.15) is 11.8 Å². The van der Waals surface area contributed by atoms with E-state index < -0.39 is 0 Å². The molecule has 0 bridgehead atoms. The predicted octanol–water partition coefficient (Wildman–Crippen LogP) is 1.73. The van der Waals surface area contributed by atoms with Gasteiger partial charge in [-0.05, 0) is 12.7 Å². The summed E-state index contributed by atoms with van der Waals surface area (Å²) in [5.74, 6) is 0.260. The summed E-state index contributed by atoms with van der Waals surface area (Å²) in [6, 6.07) is 0. The number of rotatable bonds is 3. The minimum absolute atomic E-state index is 0.0755. The SMILES string of the molecule is CSC(C)CN1CCC(Br)C1=O. The van der Waals surface area contributed by atoms with Crippen LogP contribution in [0.3, 0.4) is 0 Å². The molecule has 2 nitrogen and oxygen atoms in total. The summed E-state index contributed by atoms with van der Waals surface area (Å²) in [7, 11) is 0. The monoisotopic (exact) mass is 251 g/mol. The number of hydrogen-bond acceptors (Lipinski definition) is 2. The smallest absolute Gasteiger partial charge is 0.236 e. The van der Waals surface area contributed by atoms with Crippen LogP contribution in [-0.2, 0) is 4.79 Å². The molecule has 1 saturated heterocycles. The van der Waals surface area contributed by atoms with E-state index in [1.165, 1.54) is 0 Å². The number of amides is 1. The third-order valence-corrected chi connectivity index (χ3v) is 3.92. The summed E-state index contributed by atoms with van der Waals surface area (Å²) in [5.41, 5.74) is 0. The van der Waals surface area contributed by atoms with Crippen LogP contribution in [0.25, 0.3) is 0 Å². The van der Waals surface area contributed by atoms with Crippen LogP contribution < -0.4 is 0 Å². The number of hydrogen-bond donors (Lipinski definition) is 0. The van der Waals surface area contributed by atoms with Crippen molar-refractivity contribution < 1.29 is 4.79 Å². The van der Waals surface area contributed by atoms with E-state index in [1.807, 2.05) is 4.90 Å². The zero-order chi connectivity index (χ0) is 9.14. The first-order chi connectivity index (χ1) is 5.65. The second-order valence-corrected chi connectivity index (χ2v) is 5.47. The molecule has 2 atom stereocenters. The predicted molar refractivity (Wildman–Crippen MR) is 56.9 cm³/mol. The Balaban J connectivity index is 2.39. The minimum atomic E-state index is 0.0755. The molecule has 0 spiro atoms. The topological polar surface area (TPSA) is 20.3 Å². The summed E-state index contributed by atoms with van der Waals surface area (Å²) in [6.07, 6.45) is 3.04. The van der Waals surface area contributed by atoms with Crippen LogP contribution in [-0.4, -0.2) is 40.2 Å². The molecule has 0 saturated carbocycles. The van der Waals surface area contributed by atoms with Crippen molar-refractivity contribution in [1.82, 2.24) is 4.90 Å². The zero-order valence-electron chi connectivity index (χ0n) is 7.42. The van der Waals surface area contributed by atoms with Crippen LogP contribution in [0.15, 0.2) is 0 Å². The van der Waals surface area contributed by atoms with Crippen molar-refractivity contribution in [2.45, 2.75) is 23.4 Å². The highest BCUT2D eigenvalue weighted by Crippen LogP contribution is 2.20. The fraction of sp³-hybridized carbons (Fsp3) is 0.875. The van der Waals surface area contributed by atoms with Gasteiger partial charge in [0.2, 0.25) is 5.91 Å². The highest BCUT2D eigenvalue weighted by molar-refractivity contribution is 9.10. The lowest BCUT2D eigenvalue weighted by atomic mass is 10.4. The third-order valence-electron chi connectivity index (χ3n) is 2.11. The Hall–Kier alpha value is 0.300. The van der Waals surface area contributed by atoms with E-state index in [0.717, 1.165) is 19.5 Å². The highest BCUT2D eigenvalue weighted by Gasteiger charge is 2.29. The van der Waals surface area contributed by atoms with Gasteiger partial charge in [0.05, 0.1) is 4.83 Å². The maximum atomic E-state index is 11.4. The van der Waals surface area contributed by atoms with Crippen LogP contribution >= 0.6 is 27.7 Å². The quantitative estimate of drug-likeness (QED) is 0.713. The molecule has 0 aromatic carbocycles. The Kier molecular flexibility index (Phi) is 3.90. The zero-order valence-corrected chi connectivity index (χ0v) is 9.82. The van der Waals surface area contributed by atoms with Crippen molar-refractivity contribution in [2.75, 3.05) is 19.3 Å². The van der Waals surface area contributed by atoms with Crippen molar-refractivity contribution in [2.24, 2.45) is 0 Å². The van der Waals surface area contributed by atoms with Gasteiger partial charge in [-0.1, -0.05) is 22.9 Å². The molecular formula is C8H14BrNOS. The van der Waals surface area contributed by atoms with Crippen LogP contribution in [0.2, 0.25) is 0 Å². The lowest BCUT2D eigenvalue weighted by molar-refractivity contribution is -0.127. The Morgan fingerprint density at radius 1 is 1.83 bits per heavy atom. The first kappa shape index (κ1) is 10.4. The first-order valence-electron chi connectivity index (χ1n) is 4.10. The van der Waals surface area contributed by atoms with Gasteiger partial charge in [-0.3, -0.25) is 4.79 Å². The third kappa shape index (κ3) is 2.39. The fourth-order valence-corrected chi connectivity index (χ4v) is 2.09. The summed E-state index contributed by atoms with van der Waals surface area (Å²) in [5, 5.41) is 0.548. The maximum absolute atomic E-state index is 11.4. The van der Waals surface area contributed by atoms with Gasteiger partial charge >= 0.3 is 0 Å². The summed E-state index contributed by atoms with van der Waals surface area (Å²) in [6.45, 7) is 3.96. The van der Waals surface area contributed by atoms with Crippen LogP contribution in [0.4, 0.5) is 0 Å². The molecule has 0 aromatic rings. The van der Waals surface area contributed by atoms with Crippen molar-refractivity contribution in [3.05, 3.63) is 0 Å². The van der Waals surface area contributed by atoms with Gasteiger partial charge in [-0.25, -0.2) is 0 Å².